The number of aryl methyl sites for hydroxylation is 1. The summed E-state index contributed by atoms with van der Waals surface area (Å²) in [6.07, 6.45) is 1.76. The van der Waals surface area contributed by atoms with Gasteiger partial charge in [-0.1, -0.05) is 13.0 Å². The van der Waals surface area contributed by atoms with E-state index in [1.54, 1.807) is 43.3 Å². The number of phenolic OH excluding ortho intramolecular Hbond substituents is 1. The van der Waals surface area contributed by atoms with Gasteiger partial charge in [-0.05, 0) is 68.1 Å². The minimum absolute atomic E-state index is 0.0399. The third-order valence-electron chi connectivity index (χ3n) is 7.95. The zero-order valence-corrected chi connectivity index (χ0v) is 23.1. The molecule has 0 amide bonds. The van der Waals surface area contributed by atoms with Crippen LogP contribution in [0.15, 0.2) is 68.6 Å². The van der Waals surface area contributed by atoms with Crippen LogP contribution in [0, 0.1) is 12.8 Å². The number of carbonyl (C=O) groups is 1. The van der Waals surface area contributed by atoms with Gasteiger partial charge in [-0.15, -0.1) is 0 Å². The quantitative estimate of drug-likeness (QED) is 0.319. The van der Waals surface area contributed by atoms with Gasteiger partial charge >= 0.3 is 5.97 Å². The summed E-state index contributed by atoms with van der Waals surface area (Å²) in [7, 11) is 0. The number of fused-ring (bicyclic) bond motifs is 5. The monoisotopic (exact) mass is 556 g/mol. The van der Waals surface area contributed by atoms with E-state index >= 15 is 0 Å². The highest BCUT2D eigenvalue weighted by Gasteiger charge is 2.35. The van der Waals surface area contributed by atoms with Gasteiger partial charge in [-0.25, -0.2) is 4.79 Å². The largest absolute Gasteiger partial charge is 0.507 e. The smallest absolute Gasteiger partial charge is 0.338 e. The molecule has 2 aliphatic rings. The number of rotatable bonds is 7. The van der Waals surface area contributed by atoms with Gasteiger partial charge in [0.15, 0.2) is 0 Å². The first-order valence-corrected chi connectivity index (χ1v) is 14.0. The molecule has 1 saturated heterocycles. The van der Waals surface area contributed by atoms with E-state index in [1.165, 1.54) is 6.07 Å². The van der Waals surface area contributed by atoms with Crippen LogP contribution in [0.4, 0.5) is 0 Å². The predicted molar refractivity (Wildman–Crippen MR) is 153 cm³/mol. The summed E-state index contributed by atoms with van der Waals surface area (Å²) in [6, 6.07) is 14.9. The van der Waals surface area contributed by atoms with Crippen LogP contribution in [-0.4, -0.2) is 40.2 Å². The Labute approximate surface area is 236 Å². The normalized spacial score (nSPS) is 18.2. The number of benzene rings is 2. The van der Waals surface area contributed by atoms with E-state index in [9.17, 15) is 19.5 Å². The molecule has 2 aromatic carbocycles. The molecule has 0 saturated carbocycles. The van der Waals surface area contributed by atoms with Crippen molar-refractivity contribution in [3.63, 3.8) is 0 Å². The van der Waals surface area contributed by atoms with Gasteiger partial charge in [0, 0.05) is 43.9 Å². The van der Waals surface area contributed by atoms with Gasteiger partial charge in [0.05, 0.1) is 23.1 Å². The Morgan fingerprint density at radius 2 is 1.85 bits per heavy atom. The first-order valence-electron chi connectivity index (χ1n) is 14.0. The Kier molecular flexibility index (Phi) is 7.13. The van der Waals surface area contributed by atoms with Crippen molar-refractivity contribution in [2.24, 2.45) is 5.92 Å². The molecule has 0 spiro atoms. The summed E-state index contributed by atoms with van der Waals surface area (Å²) in [4.78, 5) is 40.3. The van der Waals surface area contributed by atoms with Gasteiger partial charge in [-0.2, -0.15) is 0 Å². The van der Waals surface area contributed by atoms with Gasteiger partial charge in [0.1, 0.15) is 22.8 Å². The lowest BCUT2D eigenvalue weighted by molar-refractivity contribution is 0.0505. The average molecular weight is 557 g/mol. The molecule has 0 radical (unpaired) electrons. The van der Waals surface area contributed by atoms with Crippen LogP contribution in [0.1, 0.15) is 53.1 Å². The van der Waals surface area contributed by atoms with E-state index in [-0.39, 0.29) is 34.2 Å². The highest BCUT2D eigenvalue weighted by atomic mass is 16.5. The molecule has 6 rings (SSSR count). The molecular weight excluding hydrogens is 524 g/mol. The molecule has 0 unspecified atom stereocenters. The average Bonchev–Trinajstić information content (AvgIpc) is 2.96. The van der Waals surface area contributed by atoms with Crippen LogP contribution >= 0.6 is 0 Å². The first-order chi connectivity index (χ1) is 19.8. The third kappa shape index (κ3) is 5.13. The maximum Gasteiger partial charge on any atom is 0.338 e. The number of piperidine rings is 1. The summed E-state index contributed by atoms with van der Waals surface area (Å²) in [6.45, 7) is 6.53. The zero-order chi connectivity index (χ0) is 28.7. The number of esters is 1. The van der Waals surface area contributed by atoms with Gasteiger partial charge in [0.25, 0.3) is 5.56 Å². The van der Waals surface area contributed by atoms with Crippen LogP contribution in [0.3, 0.4) is 0 Å². The Morgan fingerprint density at radius 1 is 1.05 bits per heavy atom. The minimum atomic E-state index is -0.414. The molecule has 4 heterocycles. The van der Waals surface area contributed by atoms with Crippen LogP contribution < -0.4 is 15.7 Å². The van der Waals surface area contributed by atoms with Crippen molar-refractivity contribution in [3.05, 3.63) is 97.8 Å². The van der Waals surface area contributed by atoms with Crippen molar-refractivity contribution in [1.29, 1.82) is 0 Å². The summed E-state index contributed by atoms with van der Waals surface area (Å²) in [5, 5.41) is 11.2. The number of carbonyl (C=O) groups excluding carboxylic acids is 1. The summed E-state index contributed by atoms with van der Waals surface area (Å²) >= 11 is 0. The lowest BCUT2D eigenvalue weighted by Gasteiger charge is -2.42. The van der Waals surface area contributed by atoms with Crippen LogP contribution in [0.5, 0.6) is 17.2 Å². The summed E-state index contributed by atoms with van der Waals surface area (Å²) in [5.74, 6) is 0.906. The predicted octanol–water partition coefficient (Wildman–Crippen LogP) is 4.95. The topological polar surface area (TPSA) is 111 Å². The molecule has 9 heteroatoms. The molecular formula is C32H32N2O7. The maximum absolute atomic E-state index is 13.5. The Bertz CT molecular complexity index is 1740. The number of hydrogen-bond acceptors (Lipinski definition) is 8. The van der Waals surface area contributed by atoms with Crippen LogP contribution in [0.25, 0.3) is 11.0 Å². The van der Waals surface area contributed by atoms with E-state index in [1.807, 2.05) is 23.6 Å². The SMILES string of the molecule is CCCOC(=O)c1ccc(Oc2c(C)oc3c(CN4C[C@H]5C[C@@H](C4)c4cccc(=O)n4C5)c(O)ccc3c2=O)cc1. The lowest BCUT2D eigenvalue weighted by atomic mass is 9.83. The molecule has 2 bridgehead atoms. The highest BCUT2D eigenvalue weighted by molar-refractivity contribution is 5.89. The van der Waals surface area contributed by atoms with E-state index in [0.29, 0.717) is 53.5 Å². The number of likely N-dealkylation sites (tertiary alicyclic amines) is 1. The second-order valence-corrected chi connectivity index (χ2v) is 10.9. The standard InChI is InChI=1S/C32H32N2O7/c1-3-13-39-32(38)21-7-9-23(10-8-21)41-30-19(2)40-31-24(29(30)37)11-12-27(35)25(31)18-33-15-20-14-22(17-33)26-5-4-6-28(36)34(26)16-20/h4-12,20,22,35H,3,13-18H2,1-2H3/t20-,22+/m1/s1. The molecule has 41 heavy (non-hydrogen) atoms. The molecule has 4 aromatic rings. The second kappa shape index (κ2) is 10.9. The third-order valence-corrected chi connectivity index (χ3v) is 7.95. The van der Waals surface area contributed by atoms with Crippen molar-refractivity contribution in [2.45, 2.75) is 45.7 Å². The van der Waals surface area contributed by atoms with E-state index in [2.05, 4.69) is 4.90 Å². The second-order valence-electron chi connectivity index (χ2n) is 10.9. The molecule has 1 fully saturated rings. The molecule has 2 atom stereocenters. The van der Waals surface area contributed by atoms with Gasteiger partial charge in [0.2, 0.25) is 11.2 Å². The number of hydrogen-bond donors (Lipinski definition) is 1. The van der Waals surface area contributed by atoms with Crippen molar-refractivity contribution < 1.29 is 23.8 Å². The number of aromatic nitrogens is 1. The highest BCUT2D eigenvalue weighted by Crippen LogP contribution is 2.37. The van der Waals surface area contributed by atoms with E-state index in [4.69, 9.17) is 13.9 Å². The molecule has 0 aliphatic carbocycles. The number of nitrogens with zero attached hydrogens (tertiary/aromatic N) is 2. The van der Waals surface area contributed by atoms with Crippen LogP contribution in [0.2, 0.25) is 0 Å². The number of pyridine rings is 1. The molecule has 9 nitrogen and oxygen atoms in total. The molecule has 1 N–H and O–H groups in total. The Morgan fingerprint density at radius 3 is 2.63 bits per heavy atom. The van der Waals surface area contributed by atoms with Gasteiger partial charge < -0.3 is 23.6 Å². The maximum atomic E-state index is 13.5. The van der Waals surface area contributed by atoms with E-state index < -0.39 is 5.97 Å². The number of aromatic hydroxyl groups is 1. The van der Waals surface area contributed by atoms with Crippen molar-refractivity contribution in [1.82, 2.24) is 9.47 Å². The first kappa shape index (κ1) is 26.8. The van der Waals surface area contributed by atoms with Gasteiger partial charge in [-0.3, -0.25) is 14.5 Å². The summed E-state index contributed by atoms with van der Waals surface area (Å²) < 4.78 is 19.1. The Hall–Kier alpha value is -4.37. The molecule has 2 aromatic heterocycles. The van der Waals surface area contributed by atoms with Crippen molar-refractivity contribution in [3.8, 4) is 17.2 Å². The number of phenols is 1. The fraction of sp³-hybridized carbons (Fsp3) is 0.344. The molecule has 2 aliphatic heterocycles. The summed E-state index contributed by atoms with van der Waals surface area (Å²) in [5.41, 5.74) is 2.02. The fourth-order valence-electron chi connectivity index (χ4n) is 6.07. The fourth-order valence-corrected chi connectivity index (χ4v) is 6.07. The van der Waals surface area contributed by atoms with Crippen LogP contribution in [-0.2, 0) is 17.8 Å². The number of ether oxygens (including phenoxy) is 2. The van der Waals surface area contributed by atoms with E-state index in [0.717, 1.165) is 31.6 Å². The zero-order valence-electron chi connectivity index (χ0n) is 23.1. The minimum Gasteiger partial charge on any atom is -0.507 e. The lowest BCUT2D eigenvalue weighted by Crippen LogP contribution is -2.46. The Balaban J connectivity index is 1.26. The molecule has 212 valence electrons. The van der Waals surface area contributed by atoms with Crippen molar-refractivity contribution >= 4 is 16.9 Å². The van der Waals surface area contributed by atoms with Crippen molar-refractivity contribution in [2.75, 3.05) is 19.7 Å².